The van der Waals surface area contributed by atoms with E-state index in [0.29, 0.717) is 25.3 Å². The SMILES string of the molecule is NC(=S)c1ccc(C(F)(F)F)nc1NCC1CCOC1. The van der Waals surface area contributed by atoms with Crippen LogP contribution in [0, 0.1) is 5.92 Å². The summed E-state index contributed by atoms with van der Waals surface area (Å²) in [5, 5.41) is 2.89. The van der Waals surface area contributed by atoms with Gasteiger partial charge in [-0.25, -0.2) is 4.98 Å². The van der Waals surface area contributed by atoms with Gasteiger partial charge in [-0.1, -0.05) is 12.2 Å². The van der Waals surface area contributed by atoms with Gasteiger partial charge in [0.15, 0.2) is 0 Å². The van der Waals surface area contributed by atoms with Crippen molar-refractivity contribution in [3.05, 3.63) is 23.4 Å². The minimum Gasteiger partial charge on any atom is -0.389 e. The van der Waals surface area contributed by atoms with E-state index in [2.05, 4.69) is 10.3 Å². The summed E-state index contributed by atoms with van der Waals surface area (Å²) >= 11 is 4.83. The fraction of sp³-hybridized carbons (Fsp3) is 0.500. The van der Waals surface area contributed by atoms with Crippen molar-refractivity contribution < 1.29 is 17.9 Å². The van der Waals surface area contributed by atoms with Crippen molar-refractivity contribution in [2.24, 2.45) is 11.7 Å². The van der Waals surface area contributed by atoms with Crippen molar-refractivity contribution in [3.8, 4) is 0 Å². The van der Waals surface area contributed by atoms with E-state index >= 15 is 0 Å². The van der Waals surface area contributed by atoms with Crippen molar-refractivity contribution in [2.45, 2.75) is 12.6 Å². The Bertz CT molecular complexity index is 501. The highest BCUT2D eigenvalue weighted by Gasteiger charge is 2.33. The molecule has 110 valence electrons. The Hall–Kier alpha value is -1.41. The van der Waals surface area contributed by atoms with Gasteiger partial charge < -0.3 is 15.8 Å². The second-order valence-corrected chi connectivity index (χ2v) is 5.01. The van der Waals surface area contributed by atoms with Gasteiger partial charge in [0.05, 0.1) is 12.2 Å². The molecule has 1 aromatic rings. The average Bonchev–Trinajstić information content (AvgIpc) is 2.87. The predicted octanol–water partition coefficient (Wildman–Crippen LogP) is 2.18. The number of alkyl halides is 3. The van der Waals surface area contributed by atoms with E-state index in [0.717, 1.165) is 12.5 Å². The summed E-state index contributed by atoms with van der Waals surface area (Å²) in [5.74, 6) is 0.324. The maximum absolute atomic E-state index is 12.7. The van der Waals surface area contributed by atoms with Crippen LogP contribution in [0.15, 0.2) is 12.1 Å². The van der Waals surface area contributed by atoms with Gasteiger partial charge in [0.1, 0.15) is 16.5 Å². The Morgan fingerprint density at radius 3 is 2.80 bits per heavy atom. The summed E-state index contributed by atoms with van der Waals surface area (Å²) in [4.78, 5) is 3.59. The number of hydrogen-bond donors (Lipinski definition) is 2. The third-order valence-corrected chi connectivity index (χ3v) is 3.25. The van der Waals surface area contributed by atoms with E-state index in [9.17, 15) is 13.2 Å². The summed E-state index contributed by atoms with van der Waals surface area (Å²) in [6.07, 6.45) is -3.63. The molecule has 2 rings (SSSR count). The third kappa shape index (κ3) is 3.57. The molecular weight excluding hydrogens is 291 g/mol. The number of rotatable bonds is 4. The molecule has 1 unspecified atom stereocenters. The Morgan fingerprint density at radius 1 is 1.50 bits per heavy atom. The summed E-state index contributed by atoms with van der Waals surface area (Å²) in [7, 11) is 0. The van der Waals surface area contributed by atoms with Crippen LogP contribution < -0.4 is 11.1 Å². The van der Waals surface area contributed by atoms with E-state index in [4.69, 9.17) is 22.7 Å². The molecule has 2 heterocycles. The van der Waals surface area contributed by atoms with Crippen molar-refractivity contribution in [1.82, 2.24) is 4.98 Å². The number of nitrogens with zero attached hydrogens (tertiary/aromatic N) is 1. The van der Waals surface area contributed by atoms with Gasteiger partial charge in [-0.15, -0.1) is 0 Å². The van der Waals surface area contributed by atoms with E-state index in [-0.39, 0.29) is 16.7 Å². The molecular formula is C12H14F3N3OS. The van der Waals surface area contributed by atoms with E-state index in [1.165, 1.54) is 6.07 Å². The third-order valence-electron chi connectivity index (χ3n) is 3.03. The highest BCUT2D eigenvalue weighted by Crippen LogP contribution is 2.29. The summed E-state index contributed by atoms with van der Waals surface area (Å²) in [6, 6.07) is 2.12. The first kappa shape index (κ1) is 15.0. The van der Waals surface area contributed by atoms with Gasteiger partial charge in [0.2, 0.25) is 0 Å². The van der Waals surface area contributed by atoms with Crippen LogP contribution in [0.1, 0.15) is 17.7 Å². The largest absolute Gasteiger partial charge is 0.433 e. The fourth-order valence-corrected chi connectivity index (χ4v) is 2.10. The monoisotopic (exact) mass is 305 g/mol. The van der Waals surface area contributed by atoms with Gasteiger partial charge >= 0.3 is 6.18 Å². The molecule has 1 aromatic heterocycles. The molecule has 20 heavy (non-hydrogen) atoms. The van der Waals surface area contributed by atoms with Crippen LogP contribution >= 0.6 is 12.2 Å². The lowest BCUT2D eigenvalue weighted by Crippen LogP contribution is -2.21. The van der Waals surface area contributed by atoms with Crippen molar-refractivity contribution in [1.29, 1.82) is 0 Å². The number of ether oxygens (including phenoxy) is 1. The zero-order valence-corrected chi connectivity index (χ0v) is 11.4. The second kappa shape index (κ2) is 5.92. The Balaban J connectivity index is 2.20. The minimum atomic E-state index is -4.50. The number of halogens is 3. The lowest BCUT2D eigenvalue weighted by Gasteiger charge is -2.15. The lowest BCUT2D eigenvalue weighted by molar-refractivity contribution is -0.141. The van der Waals surface area contributed by atoms with E-state index < -0.39 is 11.9 Å². The molecule has 1 atom stereocenters. The molecule has 0 saturated carbocycles. The molecule has 0 radical (unpaired) electrons. The number of nitrogens with two attached hydrogens (primary N) is 1. The molecule has 1 aliphatic rings. The first-order valence-corrected chi connectivity index (χ1v) is 6.48. The molecule has 4 nitrogen and oxygen atoms in total. The van der Waals surface area contributed by atoms with Gasteiger partial charge in [-0.05, 0) is 18.6 Å². The first-order chi connectivity index (χ1) is 9.38. The van der Waals surface area contributed by atoms with Crippen LogP contribution in [-0.2, 0) is 10.9 Å². The topological polar surface area (TPSA) is 60.2 Å². The van der Waals surface area contributed by atoms with Crippen LogP contribution in [0.2, 0.25) is 0 Å². The van der Waals surface area contributed by atoms with Gasteiger partial charge in [-0.3, -0.25) is 0 Å². The van der Waals surface area contributed by atoms with Gasteiger partial charge in [-0.2, -0.15) is 13.2 Å². The summed E-state index contributed by atoms with van der Waals surface area (Å²) in [6.45, 7) is 1.74. The van der Waals surface area contributed by atoms with E-state index in [1.807, 2.05) is 0 Å². The molecule has 0 aromatic carbocycles. The smallest absolute Gasteiger partial charge is 0.389 e. The van der Waals surface area contributed by atoms with Crippen LogP contribution in [0.5, 0.6) is 0 Å². The van der Waals surface area contributed by atoms with Crippen LogP contribution in [0.3, 0.4) is 0 Å². The highest BCUT2D eigenvalue weighted by molar-refractivity contribution is 7.80. The van der Waals surface area contributed by atoms with E-state index in [1.54, 1.807) is 0 Å². The van der Waals surface area contributed by atoms with Crippen molar-refractivity contribution in [2.75, 3.05) is 25.1 Å². The van der Waals surface area contributed by atoms with Crippen LogP contribution in [0.4, 0.5) is 19.0 Å². The predicted molar refractivity (Wildman–Crippen MR) is 72.5 cm³/mol. The summed E-state index contributed by atoms with van der Waals surface area (Å²) in [5.41, 5.74) is 4.85. The van der Waals surface area contributed by atoms with Crippen molar-refractivity contribution in [3.63, 3.8) is 0 Å². The highest BCUT2D eigenvalue weighted by atomic mass is 32.1. The molecule has 1 saturated heterocycles. The number of aromatic nitrogens is 1. The number of anilines is 1. The van der Waals surface area contributed by atoms with Crippen LogP contribution in [-0.4, -0.2) is 29.7 Å². The fourth-order valence-electron chi connectivity index (χ4n) is 1.94. The normalized spacial score (nSPS) is 19.1. The standard InChI is InChI=1S/C12H14F3N3OS/c13-12(14,15)9-2-1-8(10(16)20)11(18-9)17-5-7-3-4-19-6-7/h1-2,7H,3-6H2,(H2,16,20)(H,17,18). The second-order valence-electron chi connectivity index (χ2n) is 4.57. The van der Waals surface area contributed by atoms with Gasteiger partial charge in [0, 0.05) is 19.1 Å². The number of pyridine rings is 1. The maximum Gasteiger partial charge on any atom is 0.433 e. The molecule has 8 heteroatoms. The number of nitrogens with one attached hydrogen (secondary N) is 1. The molecule has 0 amide bonds. The lowest BCUT2D eigenvalue weighted by atomic mass is 10.1. The quantitative estimate of drug-likeness (QED) is 0.835. The molecule has 1 fully saturated rings. The van der Waals surface area contributed by atoms with Crippen molar-refractivity contribution >= 4 is 23.0 Å². The maximum atomic E-state index is 12.7. The molecule has 0 aliphatic carbocycles. The Kier molecular flexibility index (Phi) is 4.44. The zero-order chi connectivity index (χ0) is 14.8. The Morgan fingerprint density at radius 2 is 2.25 bits per heavy atom. The molecule has 3 N–H and O–H groups in total. The zero-order valence-electron chi connectivity index (χ0n) is 10.5. The molecule has 0 spiro atoms. The average molecular weight is 305 g/mol. The number of hydrogen-bond acceptors (Lipinski definition) is 4. The minimum absolute atomic E-state index is 0.0106. The van der Waals surface area contributed by atoms with Gasteiger partial charge in [0.25, 0.3) is 0 Å². The first-order valence-electron chi connectivity index (χ1n) is 6.07. The Labute approximate surface area is 119 Å². The number of thiocarbonyl (C=S) groups is 1. The van der Waals surface area contributed by atoms with Crippen LogP contribution in [0.25, 0.3) is 0 Å². The molecule has 0 bridgehead atoms. The molecule has 1 aliphatic heterocycles. The summed E-state index contributed by atoms with van der Waals surface area (Å²) < 4.78 is 43.2.